The predicted octanol–water partition coefficient (Wildman–Crippen LogP) is 1.70. The van der Waals surface area contributed by atoms with Crippen LogP contribution in [0.25, 0.3) is 11.0 Å². The van der Waals surface area contributed by atoms with Crippen molar-refractivity contribution in [3.63, 3.8) is 0 Å². The number of fused-ring (bicyclic) bond motifs is 1. The average molecular weight is 240 g/mol. The quantitative estimate of drug-likeness (QED) is 0.760. The molecule has 2 rings (SSSR count). The van der Waals surface area contributed by atoms with Crippen LogP contribution in [0.1, 0.15) is 0 Å². The van der Waals surface area contributed by atoms with Crippen molar-refractivity contribution in [2.24, 2.45) is 0 Å². The zero-order valence-electron chi connectivity index (χ0n) is 8.68. The van der Waals surface area contributed by atoms with E-state index in [0.717, 1.165) is 0 Å². The van der Waals surface area contributed by atoms with Gasteiger partial charge in [-0.05, 0) is 23.7 Å². The maximum absolute atomic E-state index is 5.63. The number of hydrogen-bond acceptors (Lipinski definition) is 5. The van der Waals surface area contributed by atoms with Gasteiger partial charge in [-0.2, -0.15) is 0 Å². The van der Waals surface area contributed by atoms with Gasteiger partial charge in [-0.3, -0.25) is 0 Å². The molecule has 5 nitrogen and oxygen atoms in total. The van der Waals surface area contributed by atoms with E-state index < -0.39 is 0 Å². The largest absolute Gasteiger partial charge is 0.491 e. The Labute approximate surface area is 97.4 Å². The number of methoxy groups -OCH3 is 1. The lowest BCUT2D eigenvalue weighted by molar-refractivity contribution is 0.146. The van der Waals surface area contributed by atoms with Gasteiger partial charge in [0.15, 0.2) is 0 Å². The molecule has 1 aromatic heterocycles. The highest BCUT2D eigenvalue weighted by Gasteiger charge is 2.01. The van der Waals surface area contributed by atoms with Crippen molar-refractivity contribution < 1.29 is 9.47 Å². The summed E-state index contributed by atoms with van der Waals surface area (Å²) in [5.41, 5.74) is 1.35. The second-order valence-corrected chi connectivity index (χ2v) is 3.41. The molecule has 0 spiro atoms. The van der Waals surface area contributed by atoms with Crippen LogP contribution in [0.3, 0.4) is 0 Å². The van der Waals surface area contributed by atoms with Crippen molar-refractivity contribution in [2.45, 2.75) is 0 Å². The van der Waals surface area contributed by atoms with Gasteiger partial charge in [0.05, 0.1) is 12.1 Å². The Bertz CT molecular complexity index is 492. The topological polar surface area (TPSA) is 57.1 Å². The molecule has 1 aromatic carbocycles. The lowest BCUT2D eigenvalue weighted by Crippen LogP contribution is -2.04. The zero-order chi connectivity index (χ0) is 11.4. The lowest BCUT2D eigenvalue weighted by Gasteiger charge is -2.05. The van der Waals surface area contributed by atoms with Crippen LogP contribution in [0.4, 0.5) is 0 Å². The SMILES string of the molecule is COCCOc1ccc2nc(Cl)nnc2c1. The molecule has 0 aliphatic heterocycles. The summed E-state index contributed by atoms with van der Waals surface area (Å²) < 4.78 is 10.3. The van der Waals surface area contributed by atoms with Gasteiger partial charge in [0, 0.05) is 13.2 Å². The van der Waals surface area contributed by atoms with E-state index in [1.165, 1.54) is 0 Å². The molecule has 2 aromatic rings. The minimum atomic E-state index is 0.139. The molecule has 16 heavy (non-hydrogen) atoms. The molecule has 0 bridgehead atoms. The Balaban J connectivity index is 2.20. The van der Waals surface area contributed by atoms with Gasteiger partial charge in [-0.15, -0.1) is 10.2 Å². The summed E-state index contributed by atoms with van der Waals surface area (Å²) in [6.45, 7) is 1.04. The average Bonchev–Trinajstić information content (AvgIpc) is 2.29. The fourth-order valence-electron chi connectivity index (χ4n) is 1.23. The molecular weight excluding hydrogens is 230 g/mol. The summed E-state index contributed by atoms with van der Waals surface area (Å²) in [5, 5.41) is 7.72. The van der Waals surface area contributed by atoms with E-state index in [0.29, 0.717) is 30.0 Å². The molecule has 84 valence electrons. The number of aromatic nitrogens is 3. The van der Waals surface area contributed by atoms with Gasteiger partial charge >= 0.3 is 0 Å². The van der Waals surface area contributed by atoms with Crippen LogP contribution in [0, 0.1) is 0 Å². The summed E-state index contributed by atoms with van der Waals surface area (Å²) in [6, 6.07) is 5.36. The smallest absolute Gasteiger partial charge is 0.243 e. The molecule has 0 aliphatic rings. The van der Waals surface area contributed by atoms with Crippen molar-refractivity contribution >= 4 is 22.6 Å². The van der Waals surface area contributed by atoms with Gasteiger partial charge < -0.3 is 9.47 Å². The summed E-state index contributed by atoms with van der Waals surface area (Å²) >= 11 is 5.63. The van der Waals surface area contributed by atoms with Crippen LogP contribution in [-0.4, -0.2) is 35.5 Å². The molecule has 1 heterocycles. The third-order valence-corrected chi connectivity index (χ3v) is 2.12. The molecule has 0 saturated carbocycles. The number of benzene rings is 1. The Morgan fingerprint density at radius 1 is 1.19 bits per heavy atom. The van der Waals surface area contributed by atoms with Crippen molar-refractivity contribution in [1.29, 1.82) is 0 Å². The number of hydrogen-bond donors (Lipinski definition) is 0. The summed E-state index contributed by atoms with van der Waals surface area (Å²) in [4.78, 5) is 4.02. The third kappa shape index (κ3) is 2.56. The molecule has 0 amide bonds. The van der Waals surface area contributed by atoms with Gasteiger partial charge in [0.1, 0.15) is 17.9 Å². The first-order valence-corrected chi connectivity index (χ1v) is 5.09. The summed E-state index contributed by atoms with van der Waals surface area (Å²) in [5.74, 6) is 0.711. The molecule has 0 saturated heterocycles. The second kappa shape index (κ2) is 5.05. The van der Waals surface area contributed by atoms with Gasteiger partial charge in [0.2, 0.25) is 5.28 Å². The molecule has 0 atom stereocenters. The Morgan fingerprint density at radius 2 is 2.06 bits per heavy atom. The number of nitrogens with zero attached hydrogens (tertiary/aromatic N) is 3. The van der Waals surface area contributed by atoms with E-state index in [9.17, 15) is 0 Å². The highest BCUT2D eigenvalue weighted by Crippen LogP contribution is 2.17. The van der Waals surface area contributed by atoms with Crippen LogP contribution in [0.15, 0.2) is 18.2 Å². The van der Waals surface area contributed by atoms with Crippen molar-refractivity contribution in [3.05, 3.63) is 23.5 Å². The standard InChI is InChI=1S/C10H10ClN3O2/c1-15-4-5-16-7-2-3-8-9(6-7)13-14-10(11)12-8/h2-3,6H,4-5H2,1H3. The van der Waals surface area contributed by atoms with Crippen LogP contribution < -0.4 is 4.74 Å². The van der Waals surface area contributed by atoms with E-state index in [4.69, 9.17) is 21.1 Å². The van der Waals surface area contributed by atoms with Crippen LogP contribution in [-0.2, 0) is 4.74 Å². The summed E-state index contributed by atoms with van der Waals surface area (Å²) in [6.07, 6.45) is 0. The molecule has 0 aliphatic carbocycles. The van der Waals surface area contributed by atoms with E-state index >= 15 is 0 Å². The first kappa shape index (κ1) is 11.0. The van der Waals surface area contributed by atoms with Gasteiger partial charge in [-0.1, -0.05) is 0 Å². The predicted molar refractivity (Wildman–Crippen MR) is 59.7 cm³/mol. The molecular formula is C10H10ClN3O2. The second-order valence-electron chi connectivity index (χ2n) is 3.07. The maximum Gasteiger partial charge on any atom is 0.243 e. The zero-order valence-corrected chi connectivity index (χ0v) is 9.44. The van der Waals surface area contributed by atoms with Crippen LogP contribution in [0.2, 0.25) is 5.28 Å². The van der Waals surface area contributed by atoms with E-state index in [1.54, 1.807) is 19.2 Å². The van der Waals surface area contributed by atoms with Crippen molar-refractivity contribution in [1.82, 2.24) is 15.2 Å². The molecule has 0 fully saturated rings. The molecule has 0 N–H and O–H groups in total. The van der Waals surface area contributed by atoms with E-state index in [2.05, 4.69) is 15.2 Å². The fourth-order valence-corrected chi connectivity index (χ4v) is 1.36. The highest BCUT2D eigenvalue weighted by molar-refractivity contribution is 6.28. The van der Waals surface area contributed by atoms with Gasteiger partial charge in [0.25, 0.3) is 0 Å². The van der Waals surface area contributed by atoms with Crippen molar-refractivity contribution in [3.8, 4) is 5.75 Å². The lowest BCUT2D eigenvalue weighted by atomic mass is 10.3. The molecule has 0 radical (unpaired) electrons. The van der Waals surface area contributed by atoms with Crippen molar-refractivity contribution in [2.75, 3.05) is 20.3 Å². The number of halogens is 1. The monoisotopic (exact) mass is 239 g/mol. The highest BCUT2D eigenvalue weighted by atomic mass is 35.5. The first-order chi connectivity index (χ1) is 7.79. The third-order valence-electron chi connectivity index (χ3n) is 1.96. The summed E-state index contributed by atoms with van der Waals surface area (Å²) in [7, 11) is 1.63. The fraction of sp³-hybridized carbons (Fsp3) is 0.300. The van der Waals surface area contributed by atoms with Crippen LogP contribution >= 0.6 is 11.6 Å². The minimum Gasteiger partial charge on any atom is -0.491 e. The Kier molecular flexibility index (Phi) is 3.48. The number of ether oxygens (including phenoxy) is 2. The number of rotatable bonds is 4. The Hall–Kier alpha value is -1.46. The first-order valence-electron chi connectivity index (χ1n) is 4.71. The normalized spacial score (nSPS) is 10.6. The maximum atomic E-state index is 5.63. The Morgan fingerprint density at radius 3 is 2.88 bits per heavy atom. The molecule has 0 unspecified atom stereocenters. The van der Waals surface area contributed by atoms with Crippen LogP contribution in [0.5, 0.6) is 5.75 Å². The van der Waals surface area contributed by atoms with E-state index in [1.807, 2.05) is 6.07 Å². The molecule has 6 heteroatoms. The minimum absolute atomic E-state index is 0.139. The van der Waals surface area contributed by atoms with Gasteiger partial charge in [-0.25, -0.2) is 4.98 Å². The van der Waals surface area contributed by atoms with E-state index in [-0.39, 0.29) is 5.28 Å².